The second kappa shape index (κ2) is 6.70. The highest BCUT2D eigenvalue weighted by molar-refractivity contribution is 6.89. The first-order valence-corrected chi connectivity index (χ1v) is 11.6. The summed E-state index contributed by atoms with van der Waals surface area (Å²) in [6.45, 7) is 8.08. The number of carbonyl (C=O) groups is 3. The van der Waals surface area contributed by atoms with Gasteiger partial charge in [0, 0.05) is 5.20 Å². The summed E-state index contributed by atoms with van der Waals surface area (Å²) in [5, 5.41) is 0.727. The highest BCUT2D eigenvalue weighted by Gasteiger charge is 2.60. The molecule has 1 aliphatic heterocycles. The summed E-state index contributed by atoms with van der Waals surface area (Å²) in [4.78, 5) is 37.4. The van der Waals surface area contributed by atoms with Crippen molar-refractivity contribution in [2.45, 2.75) is 45.8 Å². The molecule has 1 heterocycles. The maximum absolute atomic E-state index is 12.6. The van der Waals surface area contributed by atoms with Gasteiger partial charge in [0.05, 0.1) is 28.4 Å². The van der Waals surface area contributed by atoms with Gasteiger partial charge in [-0.2, -0.15) is 0 Å². The fourth-order valence-electron chi connectivity index (χ4n) is 4.17. The first-order valence-electron chi connectivity index (χ1n) is 8.39. The number of esters is 3. The average molecular weight is 354 g/mol. The lowest BCUT2D eigenvalue weighted by atomic mass is 9.85. The summed E-state index contributed by atoms with van der Waals surface area (Å²) in [6, 6.07) is 0.841. The molecule has 0 radical (unpaired) electrons. The summed E-state index contributed by atoms with van der Waals surface area (Å²) in [7, 11) is -0.550. The van der Waals surface area contributed by atoms with Crippen molar-refractivity contribution in [2.24, 2.45) is 11.3 Å². The molecule has 2 aliphatic rings. The van der Waals surface area contributed by atoms with Crippen LogP contribution in [-0.4, -0.2) is 46.3 Å². The van der Waals surface area contributed by atoms with Gasteiger partial charge in [-0.3, -0.25) is 9.59 Å². The molecule has 1 unspecified atom stereocenters. The minimum absolute atomic E-state index is 0.0505. The zero-order chi connectivity index (χ0) is 18.1. The highest BCUT2D eigenvalue weighted by atomic mass is 28.3. The number of carbonyl (C=O) groups excluding carboxylic acids is 3. The average Bonchev–Trinajstić information content (AvgIpc) is 2.97. The first-order chi connectivity index (χ1) is 11.2. The van der Waals surface area contributed by atoms with Crippen molar-refractivity contribution in [1.29, 1.82) is 0 Å². The number of hydrogen-bond donors (Lipinski definition) is 0. The first kappa shape index (κ1) is 18.7. The Labute approximate surface area is 143 Å². The van der Waals surface area contributed by atoms with E-state index in [2.05, 4.69) is 13.1 Å². The van der Waals surface area contributed by atoms with E-state index < -0.39 is 25.4 Å². The smallest absolute Gasteiger partial charge is 0.329 e. The van der Waals surface area contributed by atoms with E-state index in [1.54, 1.807) is 13.8 Å². The molecule has 0 aromatic rings. The van der Waals surface area contributed by atoms with Gasteiger partial charge in [0.2, 0.25) is 0 Å². The second-order valence-electron chi connectivity index (χ2n) is 7.08. The monoisotopic (exact) mass is 354 g/mol. The summed E-state index contributed by atoms with van der Waals surface area (Å²) in [6.07, 6.45) is 0.563. The summed E-state index contributed by atoms with van der Waals surface area (Å²) in [5.41, 5.74) is -0.421. The van der Waals surface area contributed by atoms with Gasteiger partial charge < -0.3 is 14.2 Å². The number of allylic oxidation sites excluding steroid dienone is 1. The molecule has 6 nitrogen and oxygen atoms in total. The van der Waals surface area contributed by atoms with E-state index in [-0.39, 0.29) is 31.5 Å². The Morgan fingerprint density at radius 3 is 2.12 bits per heavy atom. The third-order valence-electron chi connectivity index (χ3n) is 5.06. The minimum Gasteiger partial charge on any atom is -0.466 e. The Balaban J connectivity index is 2.48. The Kier molecular flexibility index (Phi) is 5.22. The van der Waals surface area contributed by atoms with E-state index in [0.717, 1.165) is 16.8 Å². The highest BCUT2D eigenvalue weighted by Crippen LogP contribution is 2.56. The molecule has 0 N–H and O–H groups in total. The van der Waals surface area contributed by atoms with Crippen LogP contribution in [0.5, 0.6) is 0 Å². The lowest BCUT2D eigenvalue weighted by Crippen LogP contribution is -2.41. The van der Waals surface area contributed by atoms with Crippen molar-refractivity contribution < 1.29 is 28.6 Å². The van der Waals surface area contributed by atoms with Crippen LogP contribution in [0.1, 0.15) is 26.7 Å². The summed E-state index contributed by atoms with van der Waals surface area (Å²) < 4.78 is 15.3. The third kappa shape index (κ3) is 2.90. The van der Waals surface area contributed by atoms with Crippen LogP contribution >= 0.6 is 0 Å². The van der Waals surface area contributed by atoms with Crippen molar-refractivity contribution >= 4 is 26.0 Å². The van der Waals surface area contributed by atoms with Gasteiger partial charge >= 0.3 is 17.9 Å². The van der Waals surface area contributed by atoms with Crippen LogP contribution in [-0.2, 0) is 28.6 Å². The number of hydrogen-bond acceptors (Lipinski definition) is 6. The van der Waals surface area contributed by atoms with E-state index in [1.807, 2.05) is 0 Å². The zero-order valence-electron chi connectivity index (χ0n) is 15.1. The summed E-state index contributed by atoms with van der Waals surface area (Å²) in [5.74, 6) is -1.37. The fraction of sp³-hybridized carbons (Fsp3) is 0.706. The van der Waals surface area contributed by atoms with Crippen molar-refractivity contribution in [3.05, 3.63) is 10.8 Å². The summed E-state index contributed by atoms with van der Waals surface area (Å²) >= 11 is 0. The van der Waals surface area contributed by atoms with E-state index in [4.69, 9.17) is 14.2 Å². The molecule has 1 atom stereocenters. The second-order valence-corrected chi connectivity index (χ2v) is 11.8. The van der Waals surface area contributed by atoms with E-state index >= 15 is 0 Å². The maximum atomic E-state index is 12.6. The lowest BCUT2D eigenvalue weighted by Gasteiger charge is -2.27. The number of methoxy groups -OCH3 is 1. The molecule has 0 saturated heterocycles. The van der Waals surface area contributed by atoms with E-state index in [9.17, 15) is 14.4 Å². The predicted octanol–water partition coefficient (Wildman–Crippen LogP) is 2.24. The molecule has 24 heavy (non-hydrogen) atoms. The van der Waals surface area contributed by atoms with Gasteiger partial charge in [-0.15, -0.1) is 0 Å². The third-order valence-corrected chi connectivity index (χ3v) is 8.45. The van der Waals surface area contributed by atoms with Gasteiger partial charge in [-0.1, -0.05) is 18.7 Å². The molecular weight excluding hydrogens is 328 g/mol. The Bertz CT molecular complexity index is 574. The Morgan fingerprint density at radius 1 is 1.12 bits per heavy atom. The number of fused-ring (bicyclic) bond motifs is 1. The molecular formula is C17H26O6Si. The van der Waals surface area contributed by atoms with E-state index in [0.29, 0.717) is 6.42 Å². The molecule has 7 heteroatoms. The lowest BCUT2D eigenvalue weighted by molar-refractivity contribution is -0.171. The molecule has 2 rings (SSSR count). The van der Waals surface area contributed by atoms with Gasteiger partial charge in [-0.05, 0) is 38.7 Å². The molecule has 1 fully saturated rings. The topological polar surface area (TPSA) is 78.9 Å². The van der Waals surface area contributed by atoms with Gasteiger partial charge in [0.1, 0.15) is 0 Å². The molecule has 134 valence electrons. The van der Waals surface area contributed by atoms with Crippen LogP contribution in [0.2, 0.25) is 19.1 Å². The maximum Gasteiger partial charge on any atom is 0.329 e. The quantitative estimate of drug-likeness (QED) is 0.326. The van der Waals surface area contributed by atoms with Crippen LogP contribution in [0.15, 0.2) is 10.8 Å². The predicted molar refractivity (Wildman–Crippen MR) is 89.8 cm³/mol. The minimum atomic E-state index is -1.92. The molecule has 0 bridgehead atoms. The Morgan fingerprint density at radius 2 is 1.67 bits per heavy atom. The number of rotatable bonds is 5. The van der Waals surface area contributed by atoms with Crippen LogP contribution in [0, 0.1) is 11.3 Å². The van der Waals surface area contributed by atoms with Crippen LogP contribution < -0.4 is 0 Å². The van der Waals surface area contributed by atoms with Gasteiger partial charge in [0.25, 0.3) is 0 Å². The molecule has 0 amide bonds. The fourth-order valence-corrected chi connectivity index (χ4v) is 7.81. The molecule has 0 aromatic carbocycles. The van der Waals surface area contributed by atoms with Crippen LogP contribution in [0.25, 0.3) is 0 Å². The Hall–Kier alpha value is -1.63. The van der Waals surface area contributed by atoms with Crippen molar-refractivity contribution in [1.82, 2.24) is 0 Å². The van der Waals surface area contributed by atoms with Gasteiger partial charge in [0.15, 0.2) is 5.41 Å². The number of ether oxygens (including phenoxy) is 3. The van der Waals surface area contributed by atoms with Crippen molar-refractivity contribution in [2.75, 3.05) is 20.3 Å². The SMILES string of the molecule is CCOC(=O)C1(C(=O)OCC)CC2=C(C(=O)OC)[Si](C)(C)CC2C1. The molecule has 0 spiro atoms. The molecule has 0 aromatic heterocycles. The van der Waals surface area contributed by atoms with Crippen molar-refractivity contribution in [3.8, 4) is 0 Å². The zero-order valence-corrected chi connectivity index (χ0v) is 16.1. The van der Waals surface area contributed by atoms with Crippen molar-refractivity contribution in [3.63, 3.8) is 0 Å². The van der Waals surface area contributed by atoms with E-state index in [1.165, 1.54) is 7.11 Å². The molecule has 1 saturated carbocycles. The van der Waals surface area contributed by atoms with Gasteiger partial charge in [-0.25, -0.2) is 4.79 Å². The van der Waals surface area contributed by atoms with Crippen LogP contribution in [0.4, 0.5) is 0 Å². The molecule has 1 aliphatic carbocycles. The largest absolute Gasteiger partial charge is 0.466 e. The normalized spacial score (nSPS) is 23.6. The standard InChI is InChI=1S/C17H26O6Si/c1-6-22-15(19)17(16(20)23-7-2)8-11-10-24(4,5)13(12(11)9-17)14(18)21-3/h11H,6-10H2,1-5H3. The van der Waals surface area contributed by atoms with Crippen LogP contribution in [0.3, 0.4) is 0 Å².